The summed E-state index contributed by atoms with van der Waals surface area (Å²) >= 11 is 0. The van der Waals surface area contributed by atoms with Crippen LogP contribution in [0, 0.1) is 0 Å². The van der Waals surface area contributed by atoms with Crippen LogP contribution in [0.25, 0.3) is 0 Å². The summed E-state index contributed by atoms with van der Waals surface area (Å²) in [5, 5.41) is 50.5. The molecular formula is C6H10O8Sr. The molecule has 0 radical (unpaired) electrons. The Balaban J connectivity index is -0.000000180. The number of carboxylic acid groups (broad SMARTS) is 2. The molecule has 2 atom stereocenters. The third-order valence-electron chi connectivity index (χ3n) is 0.890. The van der Waals surface area contributed by atoms with Gasteiger partial charge in [0.1, 0.15) is 12.2 Å². The first-order valence-electron chi connectivity index (χ1n) is 3.36. The topological polar surface area (TPSA) is 161 Å². The number of aliphatic hydroxyl groups excluding tert-OH is 4. The molecular weight excluding hydrogens is 288 g/mol. The summed E-state index contributed by atoms with van der Waals surface area (Å²) in [4.78, 5) is 18.8. The van der Waals surface area contributed by atoms with E-state index in [-0.39, 0.29) is 45.5 Å². The minimum atomic E-state index is -1.74. The summed E-state index contributed by atoms with van der Waals surface area (Å²) in [5.41, 5.74) is 0. The Kier molecular flexibility index (Phi) is 17.0. The van der Waals surface area contributed by atoms with Gasteiger partial charge in [-0.05, 0) is 0 Å². The van der Waals surface area contributed by atoms with Crippen molar-refractivity contribution in [3.63, 3.8) is 0 Å². The first-order chi connectivity index (χ1) is 6.36. The second kappa shape index (κ2) is 12.3. The number of hydrogen-bond acceptors (Lipinski definition) is 8. The number of carbonyl (C=O) groups excluding carboxylic acids is 2. The smallest absolute Gasteiger partial charge is 0.547 e. The Bertz CT molecular complexity index is 164. The Morgan fingerprint density at radius 2 is 1.13 bits per heavy atom. The molecule has 0 saturated carbocycles. The predicted molar refractivity (Wildman–Crippen MR) is 42.0 cm³/mol. The minimum Gasteiger partial charge on any atom is -0.547 e. The molecule has 0 aromatic carbocycles. The Morgan fingerprint density at radius 1 is 0.933 bits per heavy atom. The zero-order chi connectivity index (χ0) is 11.7. The van der Waals surface area contributed by atoms with E-state index < -0.39 is 37.4 Å². The number of hydrogen-bond donors (Lipinski definition) is 4. The van der Waals surface area contributed by atoms with Gasteiger partial charge in [-0.3, -0.25) is 0 Å². The Labute approximate surface area is 122 Å². The van der Waals surface area contributed by atoms with Crippen LogP contribution in [0.3, 0.4) is 0 Å². The molecule has 84 valence electrons. The molecule has 0 fully saturated rings. The molecule has 0 bridgehead atoms. The van der Waals surface area contributed by atoms with Gasteiger partial charge < -0.3 is 40.2 Å². The largest absolute Gasteiger partial charge is 2.00 e. The fraction of sp³-hybridized carbons (Fsp3) is 0.667. The molecule has 4 N–H and O–H groups in total. The summed E-state index contributed by atoms with van der Waals surface area (Å²) in [6, 6.07) is 0. The van der Waals surface area contributed by atoms with E-state index >= 15 is 0 Å². The van der Waals surface area contributed by atoms with Crippen LogP contribution >= 0.6 is 0 Å². The second-order valence-corrected chi connectivity index (χ2v) is 2.03. The maximum absolute atomic E-state index is 9.41. The first-order valence-corrected chi connectivity index (χ1v) is 3.36. The minimum absolute atomic E-state index is 0. The van der Waals surface area contributed by atoms with Gasteiger partial charge in [0.15, 0.2) is 0 Å². The van der Waals surface area contributed by atoms with E-state index in [2.05, 4.69) is 0 Å². The van der Waals surface area contributed by atoms with Gasteiger partial charge in [0.05, 0.1) is 25.2 Å². The van der Waals surface area contributed by atoms with Crippen LogP contribution < -0.4 is 10.2 Å². The van der Waals surface area contributed by atoms with Gasteiger partial charge in [-0.25, -0.2) is 0 Å². The Morgan fingerprint density at radius 3 is 1.13 bits per heavy atom. The zero-order valence-corrected chi connectivity index (χ0v) is 11.2. The molecule has 0 aromatic rings. The van der Waals surface area contributed by atoms with Gasteiger partial charge in [0.25, 0.3) is 0 Å². The van der Waals surface area contributed by atoms with Crippen LogP contribution in [-0.4, -0.2) is 103 Å². The average molecular weight is 298 g/mol. The van der Waals surface area contributed by atoms with E-state index in [1.165, 1.54) is 0 Å². The molecule has 8 nitrogen and oxygen atoms in total. The van der Waals surface area contributed by atoms with Gasteiger partial charge in [-0.15, -0.1) is 0 Å². The molecule has 0 aliphatic carbocycles. The SMILES string of the molecule is O=C([O-])C(O)CO.O=C([O-])C(O)CO.[Sr+2]. The fourth-order valence-corrected chi connectivity index (χ4v) is 0.149. The molecule has 9 heteroatoms. The van der Waals surface area contributed by atoms with Crippen molar-refractivity contribution in [2.24, 2.45) is 0 Å². The maximum atomic E-state index is 9.41. The summed E-state index contributed by atoms with van der Waals surface area (Å²) in [6.07, 6.45) is -3.47. The van der Waals surface area contributed by atoms with E-state index in [9.17, 15) is 19.8 Å². The van der Waals surface area contributed by atoms with E-state index in [4.69, 9.17) is 20.4 Å². The predicted octanol–water partition coefficient (Wildman–Crippen LogP) is -6.20. The van der Waals surface area contributed by atoms with Gasteiger partial charge in [-0.1, -0.05) is 0 Å². The third-order valence-corrected chi connectivity index (χ3v) is 0.890. The van der Waals surface area contributed by atoms with Gasteiger partial charge in [0, 0.05) is 0 Å². The summed E-state index contributed by atoms with van der Waals surface area (Å²) in [5.74, 6) is -3.30. The number of rotatable bonds is 4. The fourth-order valence-electron chi connectivity index (χ4n) is 0.149. The van der Waals surface area contributed by atoms with Crippen LogP contribution in [0.1, 0.15) is 0 Å². The summed E-state index contributed by atoms with van der Waals surface area (Å²) in [6.45, 7) is -1.58. The van der Waals surface area contributed by atoms with Crippen molar-refractivity contribution in [1.29, 1.82) is 0 Å². The first kappa shape index (κ1) is 20.6. The second-order valence-electron chi connectivity index (χ2n) is 2.03. The number of carbonyl (C=O) groups is 2. The van der Waals surface area contributed by atoms with Gasteiger partial charge in [-0.2, -0.15) is 0 Å². The number of aliphatic hydroxyl groups is 4. The van der Waals surface area contributed by atoms with Crippen LogP contribution in [0.5, 0.6) is 0 Å². The molecule has 15 heavy (non-hydrogen) atoms. The summed E-state index contributed by atoms with van der Waals surface area (Å²) in [7, 11) is 0. The van der Waals surface area contributed by atoms with Crippen molar-refractivity contribution in [3.05, 3.63) is 0 Å². The molecule has 0 aliphatic rings. The van der Waals surface area contributed by atoms with Crippen LogP contribution in [0.2, 0.25) is 0 Å². The quantitative estimate of drug-likeness (QED) is 0.373. The van der Waals surface area contributed by atoms with Crippen molar-refractivity contribution in [1.82, 2.24) is 0 Å². The molecule has 0 spiro atoms. The van der Waals surface area contributed by atoms with Gasteiger partial charge in [0.2, 0.25) is 0 Å². The van der Waals surface area contributed by atoms with E-state index in [0.29, 0.717) is 0 Å². The number of aliphatic carboxylic acids is 2. The average Bonchev–Trinajstić information content (AvgIpc) is 2.15. The van der Waals surface area contributed by atoms with Crippen molar-refractivity contribution >= 4 is 57.4 Å². The summed E-state index contributed by atoms with van der Waals surface area (Å²) < 4.78 is 0. The standard InChI is InChI=1S/2C3H6O4.Sr/c2*4-1-2(5)3(6)7;/h2*2,4-5H,1H2,(H,6,7);/q;;+2/p-2. The van der Waals surface area contributed by atoms with Gasteiger partial charge >= 0.3 is 45.5 Å². The van der Waals surface area contributed by atoms with E-state index in [0.717, 1.165) is 0 Å². The van der Waals surface area contributed by atoms with Crippen LogP contribution in [-0.2, 0) is 9.59 Å². The monoisotopic (exact) mass is 298 g/mol. The molecule has 0 aliphatic heterocycles. The molecule has 2 unspecified atom stereocenters. The van der Waals surface area contributed by atoms with Crippen molar-refractivity contribution in [2.75, 3.05) is 13.2 Å². The molecule has 0 heterocycles. The van der Waals surface area contributed by atoms with E-state index in [1.54, 1.807) is 0 Å². The maximum Gasteiger partial charge on any atom is 2.00 e. The molecule has 0 saturated heterocycles. The molecule has 0 aromatic heterocycles. The van der Waals surface area contributed by atoms with Crippen molar-refractivity contribution in [3.8, 4) is 0 Å². The molecule has 0 amide bonds. The third kappa shape index (κ3) is 14.3. The van der Waals surface area contributed by atoms with E-state index in [1.807, 2.05) is 0 Å². The normalized spacial score (nSPS) is 12.5. The van der Waals surface area contributed by atoms with Crippen molar-refractivity contribution in [2.45, 2.75) is 12.2 Å². The zero-order valence-electron chi connectivity index (χ0n) is 7.70. The molecule has 0 rings (SSSR count). The van der Waals surface area contributed by atoms with Crippen LogP contribution in [0.4, 0.5) is 0 Å². The Hall–Kier alpha value is 0.261. The van der Waals surface area contributed by atoms with Crippen LogP contribution in [0.15, 0.2) is 0 Å². The van der Waals surface area contributed by atoms with Crippen molar-refractivity contribution < 1.29 is 40.2 Å². The number of carboxylic acids is 2.